The summed E-state index contributed by atoms with van der Waals surface area (Å²) in [7, 11) is 1.43. The van der Waals surface area contributed by atoms with Crippen LogP contribution in [0, 0.1) is 16.7 Å². The first kappa shape index (κ1) is 24.2. The van der Waals surface area contributed by atoms with Gasteiger partial charge in [-0.2, -0.15) is 0 Å². The van der Waals surface area contributed by atoms with Gasteiger partial charge in [-0.25, -0.2) is 0 Å². The summed E-state index contributed by atoms with van der Waals surface area (Å²) < 4.78 is 5.29. The molecule has 1 N–H and O–H groups in total. The van der Waals surface area contributed by atoms with Crippen LogP contribution in [-0.2, 0) is 14.3 Å². The number of hydrogen-bond donors (Lipinski definition) is 1. The Hall–Kier alpha value is -1.94. The van der Waals surface area contributed by atoms with E-state index in [2.05, 4.69) is 20.8 Å². The summed E-state index contributed by atoms with van der Waals surface area (Å²) in [6.45, 7) is 6.56. The summed E-state index contributed by atoms with van der Waals surface area (Å²) >= 11 is -0.277. The average molecular weight is 514 g/mol. The average Bonchev–Trinajstić information content (AvgIpc) is 3.14. The maximum atomic E-state index is 13.6. The van der Waals surface area contributed by atoms with Crippen molar-refractivity contribution in [2.75, 3.05) is 7.11 Å². The van der Waals surface area contributed by atoms with Gasteiger partial charge in [0, 0.05) is 0 Å². The van der Waals surface area contributed by atoms with Gasteiger partial charge in [0.2, 0.25) is 0 Å². The van der Waals surface area contributed by atoms with Crippen LogP contribution < -0.4 is 0 Å². The monoisotopic (exact) mass is 514 g/mol. The zero-order valence-corrected chi connectivity index (χ0v) is 21.6. The van der Waals surface area contributed by atoms with Crippen LogP contribution in [0.3, 0.4) is 0 Å². The van der Waals surface area contributed by atoms with Gasteiger partial charge in [-0.3, -0.25) is 0 Å². The topological polar surface area (TPSA) is 63.6 Å². The number of ketones is 1. The number of benzene rings is 2. The number of methoxy groups -OCH3 is 1. The summed E-state index contributed by atoms with van der Waals surface area (Å²) in [4.78, 5) is 26.2. The van der Waals surface area contributed by atoms with Crippen molar-refractivity contribution < 1.29 is 19.4 Å². The molecule has 176 valence electrons. The first-order valence-corrected chi connectivity index (χ1v) is 13.7. The van der Waals surface area contributed by atoms with Gasteiger partial charge in [0.1, 0.15) is 0 Å². The SMILES string of the molecule is COC(=O)[C@@H]([Se][C@@H]1C(=O)[C@]2(C)CC[C@H]1C2(C)C)[C@@H](C[C@H](O)c1ccccc1)c1ccccc1. The van der Waals surface area contributed by atoms with Crippen molar-refractivity contribution in [2.45, 2.75) is 61.7 Å². The van der Waals surface area contributed by atoms with Crippen LogP contribution >= 0.6 is 0 Å². The number of carbonyl (C=O) groups excluding carboxylic acids is 2. The third kappa shape index (κ3) is 4.20. The van der Waals surface area contributed by atoms with Crippen molar-refractivity contribution in [3.05, 3.63) is 71.8 Å². The number of carbonyl (C=O) groups is 2. The van der Waals surface area contributed by atoms with Crippen molar-refractivity contribution in [1.82, 2.24) is 0 Å². The molecular formula is C28H34O4Se. The van der Waals surface area contributed by atoms with Gasteiger partial charge in [-0.15, -0.1) is 0 Å². The fourth-order valence-corrected chi connectivity index (χ4v) is 10.2. The van der Waals surface area contributed by atoms with E-state index in [4.69, 9.17) is 4.74 Å². The number of aliphatic hydroxyl groups is 1. The van der Waals surface area contributed by atoms with Crippen LogP contribution in [0.15, 0.2) is 60.7 Å². The summed E-state index contributed by atoms with van der Waals surface area (Å²) in [5.74, 6) is 0.130. The van der Waals surface area contributed by atoms with Crippen molar-refractivity contribution in [3.63, 3.8) is 0 Å². The molecule has 0 aliphatic heterocycles. The molecule has 2 aliphatic rings. The minimum atomic E-state index is -0.705. The van der Waals surface area contributed by atoms with E-state index in [-0.39, 0.29) is 42.5 Å². The van der Waals surface area contributed by atoms with E-state index in [9.17, 15) is 14.7 Å². The summed E-state index contributed by atoms with van der Waals surface area (Å²) in [6, 6.07) is 19.5. The molecule has 4 nitrogen and oxygen atoms in total. The fraction of sp³-hybridized carbons (Fsp3) is 0.500. The molecule has 2 bridgehead atoms. The molecule has 2 fully saturated rings. The predicted molar refractivity (Wildman–Crippen MR) is 130 cm³/mol. The summed E-state index contributed by atoms with van der Waals surface area (Å²) in [5, 5.41) is 11.1. The van der Waals surface area contributed by atoms with Gasteiger partial charge in [0.25, 0.3) is 0 Å². The Balaban J connectivity index is 1.68. The third-order valence-corrected chi connectivity index (χ3v) is 11.9. The second-order valence-electron chi connectivity index (χ2n) is 10.2. The van der Waals surface area contributed by atoms with Crippen LogP contribution in [0.4, 0.5) is 0 Å². The van der Waals surface area contributed by atoms with Gasteiger partial charge in [0.15, 0.2) is 0 Å². The number of esters is 1. The number of aliphatic hydroxyl groups excluding tert-OH is 1. The molecule has 4 rings (SSSR count). The van der Waals surface area contributed by atoms with E-state index in [1.807, 2.05) is 60.7 Å². The van der Waals surface area contributed by atoms with E-state index in [0.29, 0.717) is 18.1 Å². The molecule has 2 saturated carbocycles. The van der Waals surface area contributed by atoms with Crippen LogP contribution in [0.5, 0.6) is 0 Å². The van der Waals surface area contributed by atoms with Gasteiger partial charge < -0.3 is 0 Å². The Morgan fingerprint density at radius 2 is 1.64 bits per heavy atom. The fourth-order valence-electron chi connectivity index (χ4n) is 5.94. The zero-order chi connectivity index (χ0) is 23.8. The molecule has 0 radical (unpaired) electrons. The predicted octanol–water partition coefficient (Wildman–Crippen LogP) is 5.37. The number of fused-ring (bicyclic) bond motifs is 2. The number of ether oxygens (including phenoxy) is 1. The molecule has 2 aromatic rings. The molecule has 6 atom stereocenters. The Morgan fingerprint density at radius 1 is 1.06 bits per heavy atom. The Labute approximate surface area is 203 Å². The van der Waals surface area contributed by atoms with Crippen molar-refractivity contribution in [1.29, 1.82) is 0 Å². The quantitative estimate of drug-likeness (QED) is 0.381. The standard InChI is InChI=1S/C28H34O4Se/c1-27(2)21-15-16-28(27,3)25(30)24(21)33-23(26(31)32-4)20(18-11-7-5-8-12-18)17-22(29)19-13-9-6-10-14-19/h5-14,20-24,29H,15-17H2,1-4H3/t20-,21+,22-,23-,24-,28-/m0/s1. The molecular weight excluding hydrogens is 479 g/mol. The second-order valence-corrected chi connectivity index (χ2v) is 12.9. The molecule has 0 unspecified atom stereocenters. The molecule has 2 aromatic carbocycles. The summed E-state index contributed by atoms with van der Waals surface area (Å²) in [6.07, 6.45) is 1.68. The normalized spacial score (nSPS) is 28.3. The Morgan fingerprint density at radius 3 is 2.15 bits per heavy atom. The maximum absolute atomic E-state index is 13.6. The van der Waals surface area contributed by atoms with E-state index in [0.717, 1.165) is 24.0 Å². The molecule has 0 saturated heterocycles. The van der Waals surface area contributed by atoms with Crippen LogP contribution in [0.25, 0.3) is 0 Å². The van der Waals surface area contributed by atoms with Crippen molar-refractivity contribution >= 4 is 26.7 Å². The third-order valence-electron chi connectivity index (χ3n) is 8.45. The molecule has 0 aromatic heterocycles. The molecule has 0 heterocycles. The second kappa shape index (κ2) is 9.37. The Kier molecular flexibility index (Phi) is 6.87. The molecule has 0 spiro atoms. The van der Waals surface area contributed by atoms with E-state index in [1.54, 1.807) is 0 Å². The van der Waals surface area contributed by atoms with Crippen molar-refractivity contribution in [3.8, 4) is 0 Å². The van der Waals surface area contributed by atoms with Gasteiger partial charge in [-0.05, 0) is 0 Å². The van der Waals surface area contributed by atoms with Crippen LogP contribution in [0.2, 0.25) is 9.63 Å². The minimum absolute atomic E-state index is 0.0526. The Bertz CT molecular complexity index is 989. The van der Waals surface area contributed by atoms with E-state index < -0.39 is 10.9 Å². The number of Topliss-reactive ketones (excluding diaryl/α,β-unsaturated/α-hetero) is 1. The first-order chi connectivity index (χ1) is 15.7. The molecule has 33 heavy (non-hydrogen) atoms. The van der Waals surface area contributed by atoms with E-state index in [1.165, 1.54) is 7.11 Å². The van der Waals surface area contributed by atoms with Crippen LogP contribution in [0.1, 0.15) is 63.2 Å². The van der Waals surface area contributed by atoms with Gasteiger partial charge in [0.05, 0.1) is 0 Å². The van der Waals surface area contributed by atoms with E-state index >= 15 is 0 Å². The molecule has 0 amide bonds. The number of rotatable bonds is 8. The summed E-state index contributed by atoms with van der Waals surface area (Å²) in [5.41, 5.74) is 1.48. The molecule has 5 heteroatoms. The van der Waals surface area contributed by atoms with Crippen molar-refractivity contribution in [2.24, 2.45) is 16.7 Å². The number of hydrogen-bond acceptors (Lipinski definition) is 4. The van der Waals surface area contributed by atoms with Crippen LogP contribution in [-0.4, -0.2) is 38.9 Å². The van der Waals surface area contributed by atoms with Gasteiger partial charge >= 0.3 is 203 Å². The molecule has 2 aliphatic carbocycles. The zero-order valence-electron chi connectivity index (χ0n) is 19.9. The van der Waals surface area contributed by atoms with Gasteiger partial charge in [-0.1, -0.05) is 0 Å². The first-order valence-electron chi connectivity index (χ1n) is 11.8.